The Labute approximate surface area is 76.7 Å². The number of nitrogens with zero attached hydrogens (tertiary/aromatic N) is 1. The van der Waals surface area contributed by atoms with Gasteiger partial charge in [-0.2, -0.15) is 0 Å². The summed E-state index contributed by atoms with van der Waals surface area (Å²) in [6, 6.07) is 4.46. The zero-order chi connectivity index (χ0) is 9.68. The SMILES string of the molecule is CCOC(=O)C(N)c1ccccn1. The molecule has 0 saturated heterocycles. The largest absolute Gasteiger partial charge is 0.465 e. The molecule has 0 spiro atoms. The predicted molar refractivity (Wildman–Crippen MR) is 47.8 cm³/mol. The highest BCUT2D eigenvalue weighted by Crippen LogP contribution is 2.07. The maximum atomic E-state index is 11.2. The first kappa shape index (κ1) is 9.67. The van der Waals surface area contributed by atoms with Gasteiger partial charge in [-0.3, -0.25) is 4.98 Å². The lowest BCUT2D eigenvalue weighted by molar-refractivity contribution is -0.144. The van der Waals surface area contributed by atoms with Crippen molar-refractivity contribution in [2.24, 2.45) is 5.73 Å². The summed E-state index contributed by atoms with van der Waals surface area (Å²) in [5.41, 5.74) is 6.12. The molecule has 0 aliphatic carbocycles. The van der Waals surface area contributed by atoms with Gasteiger partial charge in [-0.25, -0.2) is 4.79 Å². The molecule has 1 unspecified atom stereocenters. The second-order valence-electron chi connectivity index (χ2n) is 2.48. The maximum absolute atomic E-state index is 11.2. The molecule has 0 fully saturated rings. The Kier molecular flexibility index (Phi) is 3.40. The lowest BCUT2D eigenvalue weighted by Gasteiger charge is -2.08. The summed E-state index contributed by atoms with van der Waals surface area (Å²) < 4.78 is 4.75. The molecule has 2 N–H and O–H groups in total. The molecule has 0 amide bonds. The molecule has 0 saturated carbocycles. The number of aromatic nitrogens is 1. The van der Waals surface area contributed by atoms with Crippen LogP contribution in [0.4, 0.5) is 0 Å². The molecule has 0 aliphatic heterocycles. The average Bonchev–Trinajstić information content (AvgIpc) is 2.18. The zero-order valence-electron chi connectivity index (χ0n) is 7.43. The first-order chi connectivity index (χ1) is 6.25. The Morgan fingerprint density at radius 3 is 3.00 bits per heavy atom. The number of hydrogen-bond acceptors (Lipinski definition) is 4. The van der Waals surface area contributed by atoms with E-state index in [0.717, 1.165) is 0 Å². The molecule has 0 radical (unpaired) electrons. The molecule has 70 valence electrons. The number of carbonyl (C=O) groups is 1. The summed E-state index contributed by atoms with van der Waals surface area (Å²) in [5.74, 6) is -0.443. The Morgan fingerprint density at radius 2 is 2.46 bits per heavy atom. The molecule has 1 aromatic heterocycles. The molecule has 1 rings (SSSR count). The second kappa shape index (κ2) is 4.57. The second-order valence-corrected chi connectivity index (χ2v) is 2.48. The van der Waals surface area contributed by atoms with Crippen molar-refractivity contribution in [2.45, 2.75) is 13.0 Å². The lowest BCUT2D eigenvalue weighted by atomic mass is 10.2. The molecule has 1 heterocycles. The highest BCUT2D eigenvalue weighted by molar-refractivity contribution is 5.76. The van der Waals surface area contributed by atoms with Crippen LogP contribution in [-0.2, 0) is 9.53 Å². The molecule has 0 aliphatic rings. The van der Waals surface area contributed by atoms with Crippen molar-refractivity contribution >= 4 is 5.97 Å². The van der Waals surface area contributed by atoms with Gasteiger partial charge < -0.3 is 10.5 Å². The molecule has 0 bridgehead atoms. The van der Waals surface area contributed by atoms with Crippen molar-refractivity contribution < 1.29 is 9.53 Å². The molecule has 4 nitrogen and oxygen atoms in total. The summed E-state index contributed by atoms with van der Waals surface area (Å²) in [4.78, 5) is 15.1. The number of pyridine rings is 1. The maximum Gasteiger partial charge on any atom is 0.329 e. The fourth-order valence-electron chi connectivity index (χ4n) is 0.913. The Hall–Kier alpha value is -1.42. The van der Waals surface area contributed by atoms with Gasteiger partial charge in [-0.1, -0.05) is 6.07 Å². The van der Waals surface area contributed by atoms with E-state index in [0.29, 0.717) is 12.3 Å². The number of carbonyl (C=O) groups excluding carboxylic acids is 1. The van der Waals surface area contributed by atoms with Gasteiger partial charge in [0.2, 0.25) is 0 Å². The fraction of sp³-hybridized carbons (Fsp3) is 0.333. The van der Waals surface area contributed by atoms with Gasteiger partial charge in [0.1, 0.15) is 6.04 Å². The first-order valence-electron chi connectivity index (χ1n) is 4.09. The van der Waals surface area contributed by atoms with E-state index in [4.69, 9.17) is 10.5 Å². The van der Waals surface area contributed by atoms with Crippen LogP contribution in [0.15, 0.2) is 24.4 Å². The minimum Gasteiger partial charge on any atom is -0.465 e. The Bertz CT molecular complexity index is 274. The van der Waals surface area contributed by atoms with Crippen molar-refractivity contribution in [1.29, 1.82) is 0 Å². The van der Waals surface area contributed by atoms with Crippen molar-refractivity contribution in [1.82, 2.24) is 4.98 Å². The number of nitrogens with two attached hydrogens (primary N) is 1. The summed E-state index contributed by atoms with van der Waals surface area (Å²) >= 11 is 0. The van der Waals surface area contributed by atoms with Gasteiger partial charge in [0.15, 0.2) is 0 Å². The lowest BCUT2D eigenvalue weighted by Crippen LogP contribution is -2.24. The van der Waals surface area contributed by atoms with Gasteiger partial charge in [0, 0.05) is 6.20 Å². The van der Waals surface area contributed by atoms with E-state index in [-0.39, 0.29) is 0 Å². The van der Waals surface area contributed by atoms with Crippen LogP contribution in [-0.4, -0.2) is 17.6 Å². The van der Waals surface area contributed by atoms with Crippen molar-refractivity contribution in [2.75, 3.05) is 6.61 Å². The zero-order valence-corrected chi connectivity index (χ0v) is 7.43. The number of rotatable bonds is 3. The van der Waals surface area contributed by atoms with E-state index in [9.17, 15) is 4.79 Å². The van der Waals surface area contributed by atoms with Crippen molar-refractivity contribution in [3.05, 3.63) is 30.1 Å². The summed E-state index contributed by atoms with van der Waals surface area (Å²) in [6.45, 7) is 2.07. The third kappa shape index (κ3) is 2.52. The molecular weight excluding hydrogens is 168 g/mol. The van der Waals surface area contributed by atoms with Crippen LogP contribution in [0.25, 0.3) is 0 Å². The van der Waals surface area contributed by atoms with Crippen LogP contribution in [0.1, 0.15) is 18.7 Å². The third-order valence-electron chi connectivity index (χ3n) is 1.55. The number of esters is 1. The Morgan fingerprint density at radius 1 is 1.69 bits per heavy atom. The van der Waals surface area contributed by atoms with Crippen molar-refractivity contribution in [3.8, 4) is 0 Å². The molecule has 0 aromatic carbocycles. The highest BCUT2D eigenvalue weighted by Gasteiger charge is 2.17. The van der Waals surface area contributed by atoms with Gasteiger partial charge in [-0.15, -0.1) is 0 Å². The monoisotopic (exact) mass is 180 g/mol. The molecule has 13 heavy (non-hydrogen) atoms. The minimum atomic E-state index is -0.777. The van der Waals surface area contributed by atoms with E-state index in [1.807, 2.05) is 0 Å². The van der Waals surface area contributed by atoms with Crippen LogP contribution >= 0.6 is 0 Å². The summed E-state index contributed by atoms with van der Waals surface area (Å²) in [5, 5.41) is 0. The van der Waals surface area contributed by atoms with Crippen LogP contribution in [0.5, 0.6) is 0 Å². The smallest absolute Gasteiger partial charge is 0.329 e. The van der Waals surface area contributed by atoms with Crippen LogP contribution in [0.3, 0.4) is 0 Å². The topological polar surface area (TPSA) is 65.2 Å². The molecule has 1 aromatic rings. The van der Waals surface area contributed by atoms with E-state index < -0.39 is 12.0 Å². The normalized spacial score (nSPS) is 12.2. The standard InChI is InChI=1S/C9H12N2O2/c1-2-13-9(12)8(10)7-5-3-4-6-11-7/h3-6,8H,2,10H2,1H3. The Balaban J connectivity index is 2.68. The summed E-state index contributed by atoms with van der Waals surface area (Å²) in [6.07, 6.45) is 1.59. The van der Waals surface area contributed by atoms with E-state index in [1.54, 1.807) is 31.3 Å². The van der Waals surface area contributed by atoms with E-state index in [2.05, 4.69) is 4.98 Å². The number of hydrogen-bond donors (Lipinski definition) is 1. The summed E-state index contributed by atoms with van der Waals surface area (Å²) in [7, 11) is 0. The predicted octanol–water partition coefficient (Wildman–Crippen LogP) is 0.644. The van der Waals surface area contributed by atoms with Gasteiger partial charge in [-0.05, 0) is 19.1 Å². The minimum absolute atomic E-state index is 0.333. The average molecular weight is 180 g/mol. The highest BCUT2D eigenvalue weighted by atomic mass is 16.5. The first-order valence-corrected chi connectivity index (χ1v) is 4.09. The van der Waals surface area contributed by atoms with Crippen LogP contribution in [0, 0.1) is 0 Å². The van der Waals surface area contributed by atoms with Gasteiger partial charge >= 0.3 is 5.97 Å². The molecule has 4 heteroatoms. The van der Waals surface area contributed by atoms with Crippen molar-refractivity contribution in [3.63, 3.8) is 0 Å². The third-order valence-corrected chi connectivity index (χ3v) is 1.55. The van der Waals surface area contributed by atoms with E-state index >= 15 is 0 Å². The fourth-order valence-corrected chi connectivity index (χ4v) is 0.913. The van der Waals surface area contributed by atoms with Gasteiger partial charge in [0.05, 0.1) is 12.3 Å². The van der Waals surface area contributed by atoms with Gasteiger partial charge in [0.25, 0.3) is 0 Å². The molecular formula is C9H12N2O2. The quantitative estimate of drug-likeness (QED) is 0.693. The van der Waals surface area contributed by atoms with Crippen LogP contribution in [0.2, 0.25) is 0 Å². The number of ether oxygens (including phenoxy) is 1. The van der Waals surface area contributed by atoms with E-state index in [1.165, 1.54) is 0 Å². The van der Waals surface area contributed by atoms with Crippen LogP contribution < -0.4 is 5.73 Å². The molecule has 1 atom stereocenters.